The van der Waals surface area contributed by atoms with Crippen molar-refractivity contribution in [2.45, 2.75) is 6.54 Å². The molecular formula is C15H14N2O3. The first-order valence-corrected chi connectivity index (χ1v) is 6.12. The fourth-order valence-electron chi connectivity index (χ4n) is 1.88. The van der Waals surface area contributed by atoms with Crippen LogP contribution in [0.1, 0.15) is 15.9 Å². The van der Waals surface area contributed by atoms with Crippen molar-refractivity contribution in [3.05, 3.63) is 75.8 Å². The number of benzene rings is 2. The number of carbonyl (C=O) groups is 1. The summed E-state index contributed by atoms with van der Waals surface area (Å²) in [6, 6.07) is 15.3. The number of non-ortho nitro benzene ring substituents is 1. The van der Waals surface area contributed by atoms with Gasteiger partial charge in [-0.25, -0.2) is 0 Å². The van der Waals surface area contributed by atoms with Crippen LogP contribution < -0.4 is 0 Å². The molecule has 2 rings (SSSR count). The predicted molar refractivity (Wildman–Crippen MR) is 75.3 cm³/mol. The van der Waals surface area contributed by atoms with Crippen LogP contribution in [0.4, 0.5) is 5.69 Å². The van der Waals surface area contributed by atoms with Crippen molar-refractivity contribution >= 4 is 11.6 Å². The molecule has 2 aromatic carbocycles. The van der Waals surface area contributed by atoms with Gasteiger partial charge in [0.1, 0.15) is 0 Å². The normalized spacial score (nSPS) is 10.1. The van der Waals surface area contributed by atoms with E-state index in [0.717, 1.165) is 5.56 Å². The van der Waals surface area contributed by atoms with Crippen molar-refractivity contribution in [2.75, 3.05) is 7.05 Å². The molecule has 0 aromatic heterocycles. The number of nitro groups is 1. The number of amides is 1. The molecule has 1 amide bonds. The Morgan fingerprint density at radius 1 is 1.10 bits per heavy atom. The van der Waals surface area contributed by atoms with E-state index >= 15 is 0 Å². The minimum Gasteiger partial charge on any atom is -0.337 e. The molecule has 0 aliphatic carbocycles. The zero-order chi connectivity index (χ0) is 14.5. The molecule has 2 aromatic rings. The highest BCUT2D eigenvalue weighted by Gasteiger charge is 2.13. The van der Waals surface area contributed by atoms with E-state index in [1.54, 1.807) is 11.9 Å². The summed E-state index contributed by atoms with van der Waals surface area (Å²) in [6.45, 7) is 0.497. The van der Waals surface area contributed by atoms with Gasteiger partial charge in [0.25, 0.3) is 11.6 Å². The third-order valence-corrected chi connectivity index (χ3v) is 2.93. The third kappa shape index (κ3) is 3.20. The lowest BCUT2D eigenvalue weighted by Gasteiger charge is -2.17. The van der Waals surface area contributed by atoms with E-state index in [-0.39, 0.29) is 11.6 Å². The van der Waals surface area contributed by atoms with Crippen LogP contribution in [0, 0.1) is 10.1 Å². The van der Waals surface area contributed by atoms with Crippen LogP contribution in [-0.2, 0) is 6.54 Å². The smallest absolute Gasteiger partial charge is 0.269 e. The summed E-state index contributed by atoms with van der Waals surface area (Å²) in [5.41, 5.74) is 1.45. The molecule has 0 fully saturated rings. The highest BCUT2D eigenvalue weighted by atomic mass is 16.6. The van der Waals surface area contributed by atoms with E-state index in [1.807, 2.05) is 30.3 Å². The Kier molecular flexibility index (Phi) is 4.10. The van der Waals surface area contributed by atoms with E-state index in [1.165, 1.54) is 24.3 Å². The summed E-state index contributed by atoms with van der Waals surface area (Å²) < 4.78 is 0. The zero-order valence-electron chi connectivity index (χ0n) is 11.0. The largest absolute Gasteiger partial charge is 0.337 e. The van der Waals surface area contributed by atoms with Gasteiger partial charge in [-0.1, -0.05) is 30.3 Å². The molecule has 0 aliphatic rings. The Morgan fingerprint density at radius 3 is 2.25 bits per heavy atom. The Hall–Kier alpha value is -2.69. The number of hydrogen-bond donors (Lipinski definition) is 0. The molecule has 20 heavy (non-hydrogen) atoms. The van der Waals surface area contributed by atoms with Crippen LogP contribution in [0.3, 0.4) is 0 Å². The van der Waals surface area contributed by atoms with Crippen LogP contribution in [0.25, 0.3) is 0 Å². The standard InChI is InChI=1S/C15H14N2O3/c1-16(11-12-5-3-2-4-6-12)15(18)13-7-9-14(10-8-13)17(19)20/h2-10H,11H2,1H3. The summed E-state index contributed by atoms with van der Waals surface area (Å²) in [5.74, 6) is -0.163. The van der Waals surface area contributed by atoms with Gasteiger partial charge in [-0.15, -0.1) is 0 Å². The second-order valence-electron chi connectivity index (χ2n) is 4.45. The summed E-state index contributed by atoms with van der Waals surface area (Å²) in [6.07, 6.45) is 0. The average molecular weight is 270 g/mol. The van der Waals surface area contributed by atoms with E-state index in [0.29, 0.717) is 12.1 Å². The Bertz CT molecular complexity index is 609. The minimum atomic E-state index is -0.484. The second kappa shape index (κ2) is 5.97. The maximum atomic E-state index is 12.2. The van der Waals surface area contributed by atoms with Gasteiger partial charge in [-0.05, 0) is 17.7 Å². The molecule has 0 unspecified atom stereocenters. The molecule has 0 heterocycles. The lowest BCUT2D eigenvalue weighted by Crippen LogP contribution is -2.26. The first-order valence-electron chi connectivity index (χ1n) is 6.12. The quantitative estimate of drug-likeness (QED) is 0.634. The monoisotopic (exact) mass is 270 g/mol. The number of hydrogen-bond acceptors (Lipinski definition) is 3. The molecule has 0 aliphatic heterocycles. The lowest BCUT2D eigenvalue weighted by atomic mass is 10.1. The Balaban J connectivity index is 2.08. The van der Waals surface area contributed by atoms with Gasteiger partial charge in [-0.3, -0.25) is 14.9 Å². The summed E-state index contributed by atoms with van der Waals surface area (Å²) in [7, 11) is 1.71. The topological polar surface area (TPSA) is 63.5 Å². The first-order chi connectivity index (χ1) is 9.58. The molecular weight excluding hydrogens is 256 g/mol. The van der Waals surface area contributed by atoms with Crippen LogP contribution >= 0.6 is 0 Å². The molecule has 0 atom stereocenters. The number of rotatable bonds is 4. The highest BCUT2D eigenvalue weighted by Crippen LogP contribution is 2.14. The molecule has 0 bridgehead atoms. The van der Waals surface area contributed by atoms with Gasteiger partial charge in [0.2, 0.25) is 0 Å². The van der Waals surface area contributed by atoms with Gasteiger partial charge in [0, 0.05) is 31.3 Å². The van der Waals surface area contributed by atoms with Gasteiger partial charge < -0.3 is 4.90 Å². The molecule has 5 nitrogen and oxygen atoms in total. The Labute approximate surface area is 116 Å². The molecule has 0 N–H and O–H groups in total. The summed E-state index contributed by atoms with van der Waals surface area (Å²) in [5, 5.41) is 10.6. The van der Waals surface area contributed by atoms with Crippen molar-refractivity contribution in [3.63, 3.8) is 0 Å². The highest BCUT2D eigenvalue weighted by molar-refractivity contribution is 5.94. The van der Waals surface area contributed by atoms with Gasteiger partial charge >= 0.3 is 0 Å². The van der Waals surface area contributed by atoms with Crippen LogP contribution in [0.15, 0.2) is 54.6 Å². The molecule has 5 heteroatoms. The molecule has 0 radical (unpaired) electrons. The van der Waals surface area contributed by atoms with Crippen molar-refractivity contribution in [1.29, 1.82) is 0 Å². The molecule has 0 saturated carbocycles. The van der Waals surface area contributed by atoms with Crippen molar-refractivity contribution in [3.8, 4) is 0 Å². The summed E-state index contributed by atoms with van der Waals surface area (Å²) >= 11 is 0. The first kappa shape index (κ1) is 13.7. The molecule has 0 saturated heterocycles. The predicted octanol–water partition coefficient (Wildman–Crippen LogP) is 2.87. The van der Waals surface area contributed by atoms with Gasteiger partial charge in [0.05, 0.1) is 4.92 Å². The molecule has 102 valence electrons. The average Bonchev–Trinajstić information content (AvgIpc) is 2.47. The number of nitrogens with zero attached hydrogens (tertiary/aromatic N) is 2. The SMILES string of the molecule is CN(Cc1ccccc1)C(=O)c1ccc([N+](=O)[O-])cc1. The van der Waals surface area contributed by atoms with Crippen molar-refractivity contribution < 1.29 is 9.72 Å². The zero-order valence-corrected chi connectivity index (χ0v) is 11.0. The molecule has 0 spiro atoms. The number of carbonyl (C=O) groups excluding carboxylic acids is 1. The van der Waals surface area contributed by atoms with E-state index in [4.69, 9.17) is 0 Å². The minimum absolute atomic E-state index is 0.0211. The fraction of sp³-hybridized carbons (Fsp3) is 0.133. The maximum absolute atomic E-state index is 12.2. The van der Waals surface area contributed by atoms with E-state index in [2.05, 4.69) is 0 Å². The maximum Gasteiger partial charge on any atom is 0.269 e. The fourth-order valence-corrected chi connectivity index (χ4v) is 1.88. The van der Waals surface area contributed by atoms with Crippen molar-refractivity contribution in [2.24, 2.45) is 0 Å². The van der Waals surface area contributed by atoms with Crippen LogP contribution in [0.5, 0.6) is 0 Å². The van der Waals surface area contributed by atoms with E-state index in [9.17, 15) is 14.9 Å². The van der Waals surface area contributed by atoms with Crippen molar-refractivity contribution in [1.82, 2.24) is 4.90 Å². The van der Waals surface area contributed by atoms with Gasteiger partial charge in [-0.2, -0.15) is 0 Å². The number of nitro benzene ring substituents is 1. The van der Waals surface area contributed by atoms with Gasteiger partial charge in [0.15, 0.2) is 0 Å². The summed E-state index contributed by atoms with van der Waals surface area (Å²) in [4.78, 5) is 23.8. The Morgan fingerprint density at radius 2 is 1.70 bits per heavy atom. The van der Waals surface area contributed by atoms with Crippen LogP contribution in [-0.4, -0.2) is 22.8 Å². The second-order valence-corrected chi connectivity index (χ2v) is 4.45. The van der Waals surface area contributed by atoms with E-state index < -0.39 is 4.92 Å². The lowest BCUT2D eigenvalue weighted by molar-refractivity contribution is -0.384. The third-order valence-electron chi connectivity index (χ3n) is 2.93. The van der Waals surface area contributed by atoms with Crippen LogP contribution in [0.2, 0.25) is 0 Å².